The Kier molecular flexibility index (Phi) is 5.35. The van der Waals surface area contributed by atoms with Crippen LogP contribution in [-0.4, -0.2) is 5.78 Å². The van der Waals surface area contributed by atoms with Crippen LogP contribution in [0.5, 0.6) is 11.5 Å². The number of hydrogen-bond donors (Lipinski definition) is 0. The number of carbonyl (C=O) groups excluding carboxylic acids is 1. The van der Waals surface area contributed by atoms with E-state index in [0.717, 1.165) is 16.7 Å². The largest absolute Gasteiger partial charge is 0.489 e. The number of ether oxygens (including phenoxy) is 2. The van der Waals surface area contributed by atoms with Gasteiger partial charge in [-0.15, -0.1) is 0 Å². The molecule has 1 heterocycles. The van der Waals surface area contributed by atoms with Crippen LogP contribution in [0.3, 0.4) is 0 Å². The van der Waals surface area contributed by atoms with Crippen molar-refractivity contribution in [3.8, 4) is 11.5 Å². The van der Waals surface area contributed by atoms with E-state index in [9.17, 15) is 4.79 Å². The highest BCUT2D eigenvalue weighted by Gasteiger charge is 2.30. The SMILES string of the molecule is Cc1ccc(COc2cc(C)c3c(c2)O/C(=C\c2ccc(Cl)c(Cl)c2)C3=O)cc1. The zero-order valence-corrected chi connectivity index (χ0v) is 17.5. The molecule has 0 radical (unpaired) electrons. The van der Waals surface area contributed by atoms with E-state index in [1.807, 2.05) is 32.0 Å². The molecule has 4 rings (SSSR count). The first-order valence-corrected chi connectivity index (χ1v) is 9.88. The summed E-state index contributed by atoms with van der Waals surface area (Å²) in [5.74, 6) is 1.25. The molecule has 0 unspecified atom stereocenters. The first kappa shape index (κ1) is 19.6. The quantitative estimate of drug-likeness (QED) is 0.431. The van der Waals surface area contributed by atoms with E-state index in [1.54, 1.807) is 30.3 Å². The third-order valence-electron chi connectivity index (χ3n) is 4.71. The molecule has 3 aromatic rings. The third-order valence-corrected chi connectivity index (χ3v) is 5.45. The van der Waals surface area contributed by atoms with Crippen molar-refractivity contribution in [2.45, 2.75) is 20.5 Å². The maximum absolute atomic E-state index is 12.8. The second kappa shape index (κ2) is 7.94. The molecule has 0 fully saturated rings. The van der Waals surface area contributed by atoms with E-state index >= 15 is 0 Å². The molecule has 0 atom stereocenters. The fourth-order valence-electron chi connectivity index (χ4n) is 3.17. The summed E-state index contributed by atoms with van der Waals surface area (Å²) in [7, 11) is 0. The number of halogens is 2. The molecule has 0 aromatic heterocycles. The minimum Gasteiger partial charge on any atom is -0.489 e. The van der Waals surface area contributed by atoms with Gasteiger partial charge in [0.1, 0.15) is 18.1 Å². The predicted octanol–water partition coefficient (Wildman–Crippen LogP) is 6.81. The van der Waals surface area contributed by atoms with Crippen LogP contribution in [-0.2, 0) is 6.61 Å². The fourth-order valence-corrected chi connectivity index (χ4v) is 3.47. The number of allylic oxidation sites excluding steroid dienone is 1. The molecule has 3 aromatic carbocycles. The number of rotatable bonds is 4. The number of benzene rings is 3. The van der Waals surface area contributed by atoms with Crippen molar-refractivity contribution in [3.05, 3.63) is 98.2 Å². The van der Waals surface area contributed by atoms with Gasteiger partial charge < -0.3 is 9.47 Å². The van der Waals surface area contributed by atoms with Gasteiger partial charge in [0.15, 0.2) is 5.76 Å². The van der Waals surface area contributed by atoms with Gasteiger partial charge in [-0.1, -0.05) is 59.1 Å². The first-order valence-electron chi connectivity index (χ1n) is 9.13. The molecule has 29 heavy (non-hydrogen) atoms. The Labute approximate surface area is 179 Å². The standard InChI is InChI=1S/C24H18Cl2O3/c1-14-3-5-16(6-4-14)13-28-18-9-15(2)23-21(12-18)29-22(24(23)27)11-17-7-8-19(25)20(26)10-17/h3-12H,13H2,1-2H3/b22-11-. The lowest BCUT2D eigenvalue weighted by molar-refractivity contribution is 0.101. The van der Waals surface area contributed by atoms with E-state index in [2.05, 4.69) is 12.1 Å². The highest BCUT2D eigenvalue weighted by molar-refractivity contribution is 6.42. The minimum absolute atomic E-state index is 0.159. The molecule has 5 heteroatoms. The molecule has 0 amide bonds. The molecule has 1 aliphatic heterocycles. The normalized spacial score (nSPS) is 14.1. The summed E-state index contributed by atoms with van der Waals surface area (Å²) in [5.41, 5.74) is 4.38. The van der Waals surface area contributed by atoms with Gasteiger partial charge in [0, 0.05) is 6.07 Å². The zero-order chi connectivity index (χ0) is 20.5. The average Bonchev–Trinajstić information content (AvgIpc) is 3.00. The van der Waals surface area contributed by atoms with Crippen molar-refractivity contribution in [3.63, 3.8) is 0 Å². The highest BCUT2D eigenvalue weighted by Crippen LogP contribution is 2.38. The van der Waals surface area contributed by atoms with Crippen molar-refractivity contribution in [2.24, 2.45) is 0 Å². The van der Waals surface area contributed by atoms with Gasteiger partial charge in [-0.2, -0.15) is 0 Å². The number of Topliss-reactive ketones (excluding diaryl/α,β-unsaturated/α-hetero) is 1. The Hall–Kier alpha value is -2.75. The molecule has 0 saturated heterocycles. The summed E-state index contributed by atoms with van der Waals surface area (Å²) < 4.78 is 11.8. The number of hydrogen-bond acceptors (Lipinski definition) is 3. The summed E-state index contributed by atoms with van der Waals surface area (Å²) >= 11 is 12.0. The number of fused-ring (bicyclic) bond motifs is 1. The van der Waals surface area contributed by atoms with Crippen molar-refractivity contribution < 1.29 is 14.3 Å². The van der Waals surface area contributed by atoms with Gasteiger partial charge in [0.2, 0.25) is 5.78 Å². The van der Waals surface area contributed by atoms with E-state index in [0.29, 0.717) is 33.7 Å². The van der Waals surface area contributed by atoms with Gasteiger partial charge in [-0.3, -0.25) is 4.79 Å². The summed E-state index contributed by atoms with van der Waals surface area (Å²) in [6.45, 7) is 4.37. The van der Waals surface area contributed by atoms with Crippen LogP contribution in [0.1, 0.15) is 32.6 Å². The van der Waals surface area contributed by atoms with Crippen molar-refractivity contribution >= 4 is 35.1 Å². The Morgan fingerprint density at radius 1 is 0.966 bits per heavy atom. The van der Waals surface area contributed by atoms with Crippen LogP contribution in [0, 0.1) is 13.8 Å². The van der Waals surface area contributed by atoms with Crippen LogP contribution in [0.25, 0.3) is 6.08 Å². The van der Waals surface area contributed by atoms with Gasteiger partial charge in [-0.05, 0) is 54.8 Å². The van der Waals surface area contributed by atoms with E-state index in [4.69, 9.17) is 32.7 Å². The van der Waals surface area contributed by atoms with Crippen LogP contribution in [0.4, 0.5) is 0 Å². The van der Waals surface area contributed by atoms with Crippen LogP contribution in [0.15, 0.2) is 60.4 Å². The van der Waals surface area contributed by atoms with Gasteiger partial charge >= 0.3 is 0 Å². The molecule has 0 bridgehead atoms. The molecule has 0 saturated carbocycles. The molecule has 0 N–H and O–H groups in total. The predicted molar refractivity (Wildman–Crippen MR) is 116 cm³/mol. The lowest BCUT2D eigenvalue weighted by Crippen LogP contribution is -2.00. The number of ketones is 1. The summed E-state index contributed by atoms with van der Waals surface area (Å²) in [6, 6.07) is 16.9. The topological polar surface area (TPSA) is 35.5 Å². The van der Waals surface area contributed by atoms with Crippen LogP contribution >= 0.6 is 23.2 Å². The molecule has 146 valence electrons. The Balaban J connectivity index is 1.56. The summed E-state index contributed by atoms with van der Waals surface area (Å²) in [4.78, 5) is 12.8. The zero-order valence-electron chi connectivity index (χ0n) is 16.0. The fraction of sp³-hybridized carbons (Fsp3) is 0.125. The number of aryl methyl sites for hydroxylation is 2. The van der Waals surface area contributed by atoms with Crippen LogP contribution in [0.2, 0.25) is 10.0 Å². The lowest BCUT2D eigenvalue weighted by Gasteiger charge is -2.09. The van der Waals surface area contributed by atoms with Crippen molar-refractivity contribution in [1.29, 1.82) is 0 Å². The van der Waals surface area contributed by atoms with E-state index in [1.165, 1.54) is 5.56 Å². The summed E-state index contributed by atoms with van der Waals surface area (Å²) in [6.07, 6.45) is 1.66. The highest BCUT2D eigenvalue weighted by atomic mass is 35.5. The second-order valence-electron chi connectivity index (χ2n) is 7.00. The monoisotopic (exact) mass is 424 g/mol. The molecule has 0 aliphatic carbocycles. The molecular formula is C24H18Cl2O3. The van der Waals surface area contributed by atoms with Crippen LogP contribution < -0.4 is 9.47 Å². The maximum Gasteiger partial charge on any atom is 0.232 e. The molecule has 1 aliphatic rings. The number of carbonyl (C=O) groups is 1. The average molecular weight is 425 g/mol. The van der Waals surface area contributed by atoms with Gasteiger partial charge in [0.25, 0.3) is 0 Å². The molecule has 3 nitrogen and oxygen atoms in total. The van der Waals surface area contributed by atoms with Gasteiger partial charge in [0.05, 0.1) is 15.6 Å². The summed E-state index contributed by atoms with van der Waals surface area (Å²) in [5, 5.41) is 0.883. The Morgan fingerprint density at radius 2 is 1.72 bits per heavy atom. The smallest absolute Gasteiger partial charge is 0.232 e. The first-order chi connectivity index (χ1) is 13.9. The van der Waals surface area contributed by atoms with E-state index < -0.39 is 0 Å². The molecular weight excluding hydrogens is 407 g/mol. The third kappa shape index (κ3) is 4.16. The second-order valence-corrected chi connectivity index (χ2v) is 7.82. The Morgan fingerprint density at radius 3 is 2.45 bits per heavy atom. The molecule has 0 spiro atoms. The minimum atomic E-state index is -0.159. The maximum atomic E-state index is 12.8. The van der Waals surface area contributed by atoms with Crippen molar-refractivity contribution in [1.82, 2.24) is 0 Å². The Bertz CT molecular complexity index is 1130. The van der Waals surface area contributed by atoms with Gasteiger partial charge in [-0.25, -0.2) is 0 Å². The van der Waals surface area contributed by atoms with Crippen molar-refractivity contribution in [2.75, 3.05) is 0 Å². The lowest BCUT2D eigenvalue weighted by atomic mass is 10.0. The van der Waals surface area contributed by atoms with E-state index in [-0.39, 0.29) is 11.5 Å².